The van der Waals surface area contributed by atoms with Gasteiger partial charge in [0.2, 0.25) is 0 Å². The SMILES string of the molecule is COc1cc(C(=O)O[C@@H](C)C(=O)Nc2ccc(C)c(F)c2)ccc1C. The Morgan fingerprint density at radius 2 is 1.76 bits per heavy atom. The van der Waals surface area contributed by atoms with Crippen molar-refractivity contribution in [2.45, 2.75) is 26.9 Å². The van der Waals surface area contributed by atoms with Crippen LogP contribution in [0.15, 0.2) is 36.4 Å². The molecule has 0 fully saturated rings. The second-order valence-corrected chi connectivity index (χ2v) is 5.69. The van der Waals surface area contributed by atoms with Crippen LogP contribution in [0.5, 0.6) is 5.75 Å². The van der Waals surface area contributed by atoms with Crippen molar-refractivity contribution in [1.82, 2.24) is 0 Å². The number of amides is 1. The van der Waals surface area contributed by atoms with Gasteiger partial charge in [-0.15, -0.1) is 0 Å². The van der Waals surface area contributed by atoms with E-state index in [1.54, 1.807) is 37.3 Å². The van der Waals surface area contributed by atoms with Gasteiger partial charge in [0, 0.05) is 5.69 Å². The first kappa shape index (κ1) is 18.4. The Kier molecular flexibility index (Phi) is 5.75. The number of rotatable bonds is 5. The topological polar surface area (TPSA) is 64.6 Å². The predicted molar refractivity (Wildman–Crippen MR) is 92.4 cm³/mol. The van der Waals surface area contributed by atoms with Gasteiger partial charge in [0.1, 0.15) is 11.6 Å². The average Bonchev–Trinajstić information content (AvgIpc) is 2.58. The molecule has 0 unspecified atom stereocenters. The Morgan fingerprint density at radius 3 is 2.40 bits per heavy atom. The molecule has 6 heteroatoms. The molecule has 0 aliphatic rings. The van der Waals surface area contributed by atoms with E-state index in [-0.39, 0.29) is 5.56 Å². The number of ether oxygens (including phenoxy) is 2. The van der Waals surface area contributed by atoms with E-state index in [9.17, 15) is 14.0 Å². The number of benzene rings is 2. The van der Waals surface area contributed by atoms with Crippen molar-refractivity contribution < 1.29 is 23.5 Å². The second-order valence-electron chi connectivity index (χ2n) is 5.69. The maximum Gasteiger partial charge on any atom is 0.339 e. The molecule has 1 atom stereocenters. The molecule has 5 nitrogen and oxygen atoms in total. The third kappa shape index (κ3) is 4.56. The number of methoxy groups -OCH3 is 1. The molecule has 2 aromatic rings. The lowest BCUT2D eigenvalue weighted by atomic mass is 10.1. The van der Waals surface area contributed by atoms with Gasteiger partial charge in [0.05, 0.1) is 12.7 Å². The lowest BCUT2D eigenvalue weighted by Crippen LogP contribution is -2.30. The van der Waals surface area contributed by atoms with Gasteiger partial charge < -0.3 is 14.8 Å². The highest BCUT2D eigenvalue weighted by Gasteiger charge is 2.20. The number of halogens is 1. The van der Waals surface area contributed by atoms with Crippen LogP contribution in [0, 0.1) is 19.7 Å². The minimum atomic E-state index is -1.04. The smallest absolute Gasteiger partial charge is 0.339 e. The fourth-order valence-corrected chi connectivity index (χ4v) is 2.14. The third-order valence-corrected chi connectivity index (χ3v) is 3.74. The van der Waals surface area contributed by atoms with E-state index < -0.39 is 23.8 Å². The lowest BCUT2D eigenvalue weighted by molar-refractivity contribution is -0.123. The summed E-state index contributed by atoms with van der Waals surface area (Å²) in [5, 5.41) is 2.52. The molecule has 0 heterocycles. The van der Waals surface area contributed by atoms with Gasteiger partial charge in [-0.3, -0.25) is 4.79 Å². The van der Waals surface area contributed by atoms with Gasteiger partial charge in [-0.05, 0) is 56.2 Å². The molecule has 1 amide bonds. The van der Waals surface area contributed by atoms with E-state index in [2.05, 4.69) is 5.32 Å². The highest BCUT2D eigenvalue weighted by Crippen LogP contribution is 2.20. The van der Waals surface area contributed by atoms with E-state index in [1.807, 2.05) is 6.92 Å². The molecular weight excluding hydrogens is 325 g/mol. The largest absolute Gasteiger partial charge is 0.496 e. The van der Waals surface area contributed by atoms with Crippen LogP contribution in [-0.4, -0.2) is 25.1 Å². The zero-order valence-corrected chi connectivity index (χ0v) is 14.6. The number of carbonyl (C=O) groups excluding carboxylic acids is 2. The molecular formula is C19H20FNO4. The van der Waals surface area contributed by atoms with Crippen molar-refractivity contribution in [1.29, 1.82) is 0 Å². The zero-order chi connectivity index (χ0) is 18.6. The molecule has 0 aliphatic carbocycles. The number of hydrogen-bond donors (Lipinski definition) is 1. The number of nitrogens with one attached hydrogen (secondary N) is 1. The maximum atomic E-state index is 13.5. The van der Waals surface area contributed by atoms with E-state index >= 15 is 0 Å². The van der Waals surface area contributed by atoms with Crippen LogP contribution < -0.4 is 10.1 Å². The molecule has 25 heavy (non-hydrogen) atoms. The summed E-state index contributed by atoms with van der Waals surface area (Å²) in [4.78, 5) is 24.3. The van der Waals surface area contributed by atoms with Crippen LogP contribution >= 0.6 is 0 Å². The Hall–Kier alpha value is -2.89. The van der Waals surface area contributed by atoms with E-state index in [0.717, 1.165) is 5.56 Å². The highest BCUT2D eigenvalue weighted by molar-refractivity contribution is 5.97. The van der Waals surface area contributed by atoms with Gasteiger partial charge >= 0.3 is 5.97 Å². The van der Waals surface area contributed by atoms with Gasteiger partial charge in [0.25, 0.3) is 5.91 Å². The van der Waals surface area contributed by atoms with Gasteiger partial charge in [0.15, 0.2) is 6.10 Å². The van der Waals surface area contributed by atoms with Crippen LogP contribution in [0.4, 0.5) is 10.1 Å². The number of aryl methyl sites for hydroxylation is 2. The molecule has 2 aromatic carbocycles. The van der Waals surface area contributed by atoms with Crippen molar-refractivity contribution in [3.05, 3.63) is 58.9 Å². The fraction of sp³-hybridized carbons (Fsp3) is 0.263. The molecule has 0 saturated heterocycles. The maximum absolute atomic E-state index is 13.5. The first-order chi connectivity index (χ1) is 11.8. The molecule has 0 aromatic heterocycles. The number of hydrogen-bond acceptors (Lipinski definition) is 4. The zero-order valence-electron chi connectivity index (χ0n) is 14.6. The number of anilines is 1. The summed E-state index contributed by atoms with van der Waals surface area (Å²) in [6, 6.07) is 9.23. The Balaban J connectivity index is 2.02. The quantitative estimate of drug-likeness (QED) is 0.841. The summed E-state index contributed by atoms with van der Waals surface area (Å²) in [5.74, 6) is -1.05. The van der Waals surface area contributed by atoms with Crippen molar-refractivity contribution in [2.24, 2.45) is 0 Å². The van der Waals surface area contributed by atoms with E-state index in [0.29, 0.717) is 17.0 Å². The van der Waals surface area contributed by atoms with Gasteiger partial charge in [-0.1, -0.05) is 12.1 Å². The van der Waals surface area contributed by atoms with E-state index in [1.165, 1.54) is 20.1 Å². The summed E-state index contributed by atoms with van der Waals surface area (Å²) in [5.41, 5.74) is 1.94. The van der Waals surface area contributed by atoms with Gasteiger partial charge in [-0.25, -0.2) is 9.18 Å². The molecule has 0 bridgehead atoms. The van der Waals surface area contributed by atoms with Crippen LogP contribution in [0.2, 0.25) is 0 Å². The second kappa shape index (κ2) is 7.79. The number of esters is 1. The van der Waals surface area contributed by atoms with Crippen LogP contribution in [-0.2, 0) is 9.53 Å². The minimum Gasteiger partial charge on any atom is -0.496 e. The summed E-state index contributed by atoms with van der Waals surface area (Å²) in [6.07, 6.45) is -1.04. The van der Waals surface area contributed by atoms with Crippen LogP contribution in [0.25, 0.3) is 0 Å². The Labute approximate surface area is 145 Å². The molecule has 0 spiro atoms. The van der Waals surface area contributed by atoms with E-state index in [4.69, 9.17) is 9.47 Å². The molecule has 2 rings (SSSR count). The first-order valence-corrected chi connectivity index (χ1v) is 7.74. The standard InChI is InChI=1S/C19H20FNO4/c1-11-6-8-15(10-16(11)20)21-18(22)13(3)25-19(23)14-7-5-12(2)17(9-14)24-4/h5-10,13H,1-4H3,(H,21,22)/t13-/m0/s1. The summed E-state index contributed by atoms with van der Waals surface area (Å²) < 4.78 is 23.8. The average molecular weight is 345 g/mol. The molecule has 0 saturated carbocycles. The molecule has 1 N–H and O–H groups in total. The monoisotopic (exact) mass is 345 g/mol. The van der Waals surface area contributed by atoms with Crippen LogP contribution in [0.3, 0.4) is 0 Å². The molecule has 0 aliphatic heterocycles. The predicted octanol–water partition coefficient (Wildman–Crippen LogP) is 3.64. The van der Waals surface area contributed by atoms with Crippen molar-refractivity contribution in [3.8, 4) is 5.75 Å². The third-order valence-electron chi connectivity index (χ3n) is 3.74. The number of carbonyl (C=O) groups is 2. The lowest BCUT2D eigenvalue weighted by Gasteiger charge is -2.14. The minimum absolute atomic E-state index is 0.281. The molecule has 132 valence electrons. The van der Waals surface area contributed by atoms with Crippen LogP contribution in [0.1, 0.15) is 28.4 Å². The molecule has 0 radical (unpaired) electrons. The summed E-state index contributed by atoms with van der Waals surface area (Å²) in [6.45, 7) is 4.93. The highest BCUT2D eigenvalue weighted by atomic mass is 19.1. The normalized spacial score (nSPS) is 11.6. The summed E-state index contributed by atoms with van der Waals surface area (Å²) in [7, 11) is 1.51. The fourth-order valence-electron chi connectivity index (χ4n) is 2.14. The van der Waals surface area contributed by atoms with Crippen molar-refractivity contribution in [2.75, 3.05) is 12.4 Å². The Morgan fingerprint density at radius 1 is 1.08 bits per heavy atom. The summed E-state index contributed by atoms with van der Waals surface area (Å²) >= 11 is 0. The Bertz CT molecular complexity index is 804. The van der Waals surface area contributed by atoms with Crippen molar-refractivity contribution >= 4 is 17.6 Å². The van der Waals surface area contributed by atoms with Gasteiger partial charge in [-0.2, -0.15) is 0 Å². The first-order valence-electron chi connectivity index (χ1n) is 7.74. The van der Waals surface area contributed by atoms with Crippen molar-refractivity contribution in [3.63, 3.8) is 0 Å².